The molecule has 11 nitrogen and oxygen atoms in total. The smallest absolute Gasteiger partial charge is 0.435 e. The summed E-state index contributed by atoms with van der Waals surface area (Å²) >= 11 is 0. The lowest BCUT2D eigenvalue weighted by Gasteiger charge is -2.19. The molecule has 0 spiro atoms. The topological polar surface area (TPSA) is 127 Å². The first-order chi connectivity index (χ1) is 18.9. The van der Waals surface area contributed by atoms with Crippen LogP contribution in [0.4, 0.5) is 10.6 Å². The van der Waals surface area contributed by atoms with E-state index in [0.29, 0.717) is 35.1 Å². The fraction of sp³-hybridized carbons (Fsp3) is 0.379. The summed E-state index contributed by atoms with van der Waals surface area (Å²) in [7, 11) is 1.57. The number of methoxy groups -OCH3 is 1. The first-order valence-corrected chi connectivity index (χ1v) is 12.8. The number of carbonyl (C=O) groups is 3. The van der Waals surface area contributed by atoms with Crippen LogP contribution in [0.2, 0.25) is 0 Å². The molecule has 3 aromatic rings. The molecule has 1 aromatic heterocycles. The molecule has 1 N–H and O–H groups in total. The minimum atomic E-state index is -0.700. The fourth-order valence-electron chi connectivity index (χ4n) is 3.55. The maximum atomic E-state index is 13.2. The van der Waals surface area contributed by atoms with Crippen LogP contribution in [0.15, 0.2) is 48.5 Å². The molecular formula is C29H35N3O8. The highest BCUT2D eigenvalue weighted by Gasteiger charge is 2.21. The number of nitrogens with zero attached hydrogens (tertiary/aromatic N) is 2. The molecule has 0 saturated heterocycles. The first kappa shape index (κ1) is 30.2. The van der Waals surface area contributed by atoms with E-state index in [1.807, 2.05) is 6.92 Å². The molecule has 2 aromatic carbocycles. The number of hydrogen-bond acceptors (Lipinski definition) is 9. The molecule has 0 fully saturated rings. The molecule has 0 saturated carbocycles. The summed E-state index contributed by atoms with van der Waals surface area (Å²) in [5, 5.41) is 6.87. The maximum Gasteiger partial charge on any atom is 0.435 e. The van der Waals surface area contributed by atoms with Gasteiger partial charge in [0.25, 0.3) is 5.91 Å². The Bertz CT molecular complexity index is 1340. The number of ether oxygens (including phenoxy) is 5. The molecular weight excluding hydrogens is 518 g/mol. The number of rotatable bonds is 10. The molecule has 1 unspecified atom stereocenters. The first-order valence-electron chi connectivity index (χ1n) is 12.8. The summed E-state index contributed by atoms with van der Waals surface area (Å²) in [4.78, 5) is 37.6. The number of esters is 1. The van der Waals surface area contributed by atoms with Crippen molar-refractivity contribution in [1.82, 2.24) is 9.78 Å². The van der Waals surface area contributed by atoms with Crippen LogP contribution in [0.25, 0.3) is 0 Å². The molecule has 40 heavy (non-hydrogen) atoms. The number of anilines is 1. The molecule has 0 radical (unpaired) electrons. The van der Waals surface area contributed by atoms with Gasteiger partial charge in [0.05, 0.1) is 18.8 Å². The number of benzene rings is 2. The molecule has 1 atom stereocenters. The molecule has 0 aliphatic heterocycles. The van der Waals surface area contributed by atoms with E-state index in [0.717, 1.165) is 4.68 Å². The summed E-state index contributed by atoms with van der Waals surface area (Å²) in [6, 6.07) is 12.7. The lowest BCUT2D eigenvalue weighted by atomic mass is 10.1. The van der Waals surface area contributed by atoms with Crippen molar-refractivity contribution in [2.75, 3.05) is 25.6 Å². The lowest BCUT2D eigenvalue weighted by Crippen LogP contribution is -2.28. The van der Waals surface area contributed by atoms with Gasteiger partial charge in [-0.15, -0.1) is 5.10 Å². The third-order valence-electron chi connectivity index (χ3n) is 5.18. The molecule has 0 aliphatic carbocycles. The van der Waals surface area contributed by atoms with Crippen molar-refractivity contribution in [2.45, 2.75) is 53.2 Å². The van der Waals surface area contributed by atoms with Gasteiger partial charge >= 0.3 is 12.1 Å². The van der Waals surface area contributed by atoms with Gasteiger partial charge in [-0.05, 0) is 77.9 Å². The van der Waals surface area contributed by atoms with Crippen molar-refractivity contribution >= 4 is 23.8 Å². The van der Waals surface area contributed by atoms with E-state index < -0.39 is 23.6 Å². The van der Waals surface area contributed by atoms with Crippen LogP contribution in [0.3, 0.4) is 0 Å². The minimum absolute atomic E-state index is 0.171. The summed E-state index contributed by atoms with van der Waals surface area (Å²) in [5.74, 6) is 0.385. The Hall–Kier alpha value is -4.38. The number of aryl methyl sites for hydroxylation is 1. The predicted molar refractivity (Wildman–Crippen MR) is 147 cm³/mol. The van der Waals surface area contributed by atoms with Crippen molar-refractivity contribution in [3.8, 4) is 17.2 Å². The van der Waals surface area contributed by atoms with E-state index in [9.17, 15) is 14.4 Å². The number of carbonyl (C=O) groups excluding carboxylic acids is 3. The van der Waals surface area contributed by atoms with Gasteiger partial charge in [-0.1, -0.05) is 0 Å². The van der Waals surface area contributed by atoms with Gasteiger partial charge in [-0.3, -0.25) is 4.79 Å². The van der Waals surface area contributed by atoms with Crippen molar-refractivity contribution in [1.29, 1.82) is 0 Å². The standard InChI is InChI=1S/C29H35N3O8/c1-8-37-27(34)20-9-11-22(12-10-20)39-24-15-21(14-23(16-24)38-19(3)17-36-7)26(33)30-25-13-18(2)32(31-25)28(35)40-29(4,5)6/h9-16,19H,8,17H2,1-7H3,(H,30,31,33). The highest BCUT2D eigenvalue weighted by atomic mass is 16.6. The second-order valence-electron chi connectivity index (χ2n) is 9.94. The van der Waals surface area contributed by atoms with Gasteiger partial charge in [-0.2, -0.15) is 4.68 Å². The highest BCUT2D eigenvalue weighted by molar-refractivity contribution is 6.04. The molecule has 0 aliphatic rings. The average molecular weight is 554 g/mol. The zero-order valence-electron chi connectivity index (χ0n) is 23.8. The summed E-state index contributed by atoms with van der Waals surface area (Å²) < 4.78 is 28.5. The van der Waals surface area contributed by atoms with Gasteiger partial charge in [0.2, 0.25) is 0 Å². The quantitative estimate of drug-likeness (QED) is 0.319. The Morgan fingerprint density at radius 1 is 0.975 bits per heavy atom. The number of hydrogen-bond donors (Lipinski definition) is 1. The number of aromatic nitrogens is 2. The third kappa shape index (κ3) is 8.57. The number of amides is 1. The van der Waals surface area contributed by atoms with Crippen LogP contribution in [-0.2, 0) is 14.2 Å². The van der Waals surface area contributed by atoms with Crippen LogP contribution >= 0.6 is 0 Å². The second-order valence-corrected chi connectivity index (χ2v) is 9.94. The summed E-state index contributed by atoms with van der Waals surface area (Å²) in [6.45, 7) is 11.1. The Kier molecular flexibility index (Phi) is 9.89. The molecule has 1 heterocycles. The van der Waals surface area contributed by atoms with E-state index in [-0.39, 0.29) is 24.1 Å². The Morgan fingerprint density at radius 2 is 1.65 bits per heavy atom. The van der Waals surface area contributed by atoms with Gasteiger partial charge < -0.3 is 29.0 Å². The monoisotopic (exact) mass is 553 g/mol. The largest absolute Gasteiger partial charge is 0.488 e. The Morgan fingerprint density at radius 3 is 2.27 bits per heavy atom. The summed E-state index contributed by atoms with van der Waals surface area (Å²) in [6.07, 6.45) is -0.954. The normalized spacial score (nSPS) is 11.9. The second kappa shape index (κ2) is 13.1. The molecule has 1 amide bonds. The zero-order valence-corrected chi connectivity index (χ0v) is 23.8. The summed E-state index contributed by atoms with van der Waals surface area (Å²) in [5.41, 5.74) is 0.408. The SMILES string of the molecule is CCOC(=O)c1ccc(Oc2cc(OC(C)COC)cc(C(=O)Nc3cc(C)n(C(=O)OC(C)(C)C)n3)c2)cc1. The molecule has 214 valence electrons. The minimum Gasteiger partial charge on any atom is -0.488 e. The van der Waals surface area contributed by atoms with E-state index in [2.05, 4.69) is 10.4 Å². The maximum absolute atomic E-state index is 13.2. The predicted octanol–water partition coefficient (Wildman–Crippen LogP) is 5.61. The van der Waals surface area contributed by atoms with Crippen LogP contribution in [0.1, 0.15) is 61.0 Å². The lowest BCUT2D eigenvalue weighted by molar-refractivity contribution is 0.0506. The number of nitrogens with one attached hydrogen (secondary N) is 1. The van der Waals surface area contributed by atoms with Crippen LogP contribution in [0.5, 0.6) is 17.2 Å². The van der Waals surface area contributed by atoms with Crippen molar-refractivity contribution < 1.29 is 38.1 Å². The van der Waals surface area contributed by atoms with Crippen molar-refractivity contribution in [2.24, 2.45) is 0 Å². The van der Waals surface area contributed by atoms with Crippen LogP contribution in [0, 0.1) is 6.92 Å². The van der Waals surface area contributed by atoms with Crippen LogP contribution < -0.4 is 14.8 Å². The molecule has 11 heteroatoms. The van der Waals surface area contributed by atoms with E-state index in [1.165, 1.54) is 0 Å². The average Bonchev–Trinajstić information content (AvgIpc) is 3.23. The van der Waals surface area contributed by atoms with Gasteiger partial charge in [-0.25, -0.2) is 9.59 Å². The third-order valence-corrected chi connectivity index (χ3v) is 5.18. The van der Waals surface area contributed by atoms with Gasteiger partial charge in [0.1, 0.15) is 29.0 Å². The van der Waals surface area contributed by atoms with Gasteiger partial charge in [0.15, 0.2) is 5.82 Å². The Labute approximate surface area is 233 Å². The Balaban J connectivity index is 1.84. The fourth-order valence-corrected chi connectivity index (χ4v) is 3.55. The van der Waals surface area contributed by atoms with E-state index >= 15 is 0 Å². The van der Waals surface area contributed by atoms with Gasteiger partial charge in [0, 0.05) is 30.5 Å². The van der Waals surface area contributed by atoms with Crippen LogP contribution in [-0.4, -0.2) is 59.8 Å². The molecule has 3 rings (SSSR count). The molecule has 0 bridgehead atoms. The van der Waals surface area contributed by atoms with E-state index in [4.69, 9.17) is 23.7 Å². The van der Waals surface area contributed by atoms with Crippen molar-refractivity contribution in [3.63, 3.8) is 0 Å². The van der Waals surface area contributed by atoms with E-state index in [1.54, 1.807) is 90.3 Å². The highest BCUT2D eigenvalue weighted by Crippen LogP contribution is 2.29. The van der Waals surface area contributed by atoms with Crippen molar-refractivity contribution in [3.05, 3.63) is 65.4 Å². The zero-order chi connectivity index (χ0) is 29.4.